The van der Waals surface area contributed by atoms with Crippen molar-refractivity contribution in [2.45, 2.75) is 38.6 Å². The summed E-state index contributed by atoms with van der Waals surface area (Å²) in [5, 5.41) is 5.33. The standard InChI is InChI=1S/C23H29N3O2/c27-22(23(28)25-18-20-8-3-1-4-9-20)24-15-7-10-19-11-13-21(14-12-19)26-16-5-2-6-17-26/h1,3-4,8-9,11-14H,2,5-7,10,15-18H2,(H,24,27)(H,25,28). The first-order valence-electron chi connectivity index (χ1n) is 10.2. The van der Waals surface area contributed by atoms with E-state index in [2.05, 4.69) is 39.8 Å². The highest BCUT2D eigenvalue weighted by Gasteiger charge is 2.12. The van der Waals surface area contributed by atoms with Crippen molar-refractivity contribution < 1.29 is 9.59 Å². The van der Waals surface area contributed by atoms with Gasteiger partial charge in [-0.3, -0.25) is 9.59 Å². The van der Waals surface area contributed by atoms with Crippen LogP contribution in [0.2, 0.25) is 0 Å². The number of rotatable bonds is 7. The number of amides is 2. The third kappa shape index (κ3) is 6.12. The van der Waals surface area contributed by atoms with Crippen LogP contribution in [0.25, 0.3) is 0 Å². The summed E-state index contributed by atoms with van der Waals surface area (Å²) >= 11 is 0. The predicted molar refractivity (Wildman–Crippen MR) is 112 cm³/mol. The molecule has 1 aliphatic rings. The number of nitrogens with zero attached hydrogens (tertiary/aromatic N) is 1. The number of nitrogens with one attached hydrogen (secondary N) is 2. The molecule has 5 heteroatoms. The van der Waals surface area contributed by atoms with Gasteiger partial charge in [0.25, 0.3) is 0 Å². The summed E-state index contributed by atoms with van der Waals surface area (Å²) < 4.78 is 0. The van der Waals surface area contributed by atoms with E-state index in [4.69, 9.17) is 0 Å². The molecule has 0 radical (unpaired) electrons. The molecule has 0 atom stereocenters. The van der Waals surface area contributed by atoms with Crippen LogP contribution in [-0.2, 0) is 22.6 Å². The Morgan fingerprint density at radius 1 is 0.786 bits per heavy atom. The summed E-state index contributed by atoms with van der Waals surface area (Å²) in [6.07, 6.45) is 5.58. The summed E-state index contributed by atoms with van der Waals surface area (Å²) in [5.41, 5.74) is 3.52. The minimum Gasteiger partial charge on any atom is -0.372 e. The van der Waals surface area contributed by atoms with E-state index in [0.29, 0.717) is 13.1 Å². The Kier molecular flexibility index (Phi) is 7.47. The summed E-state index contributed by atoms with van der Waals surface area (Å²) in [6.45, 7) is 3.15. The fraction of sp³-hybridized carbons (Fsp3) is 0.391. The van der Waals surface area contributed by atoms with Crippen molar-refractivity contribution in [1.29, 1.82) is 0 Å². The van der Waals surface area contributed by atoms with Crippen LogP contribution in [0.1, 0.15) is 36.8 Å². The predicted octanol–water partition coefficient (Wildman–Crippen LogP) is 3.04. The van der Waals surface area contributed by atoms with Crippen LogP contribution in [0, 0.1) is 0 Å². The van der Waals surface area contributed by atoms with E-state index in [1.165, 1.54) is 30.5 Å². The topological polar surface area (TPSA) is 61.4 Å². The zero-order valence-electron chi connectivity index (χ0n) is 16.3. The van der Waals surface area contributed by atoms with Crippen LogP contribution in [0.15, 0.2) is 54.6 Å². The second kappa shape index (κ2) is 10.5. The maximum absolute atomic E-state index is 11.9. The van der Waals surface area contributed by atoms with Gasteiger partial charge in [0.1, 0.15) is 0 Å². The third-order valence-corrected chi connectivity index (χ3v) is 5.09. The second-order valence-electron chi connectivity index (χ2n) is 7.24. The second-order valence-corrected chi connectivity index (χ2v) is 7.24. The number of hydrogen-bond acceptors (Lipinski definition) is 3. The lowest BCUT2D eigenvalue weighted by Gasteiger charge is -2.28. The van der Waals surface area contributed by atoms with E-state index >= 15 is 0 Å². The van der Waals surface area contributed by atoms with Crippen molar-refractivity contribution in [3.63, 3.8) is 0 Å². The summed E-state index contributed by atoms with van der Waals surface area (Å²) in [6, 6.07) is 18.3. The van der Waals surface area contributed by atoms with Gasteiger partial charge in [-0.05, 0) is 55.4 Å². The molecule has 2 aromatic rings. The minimum absolute atomic E-state index is 0.358. The van der Waals surface area contributed by atoms with Crippen molar-refractivity contribution in [3.05, 3.63) is 65.7 Å². The van der Waals surface area contributed by atoms with Crippen LogP contribution in [0.3, 0.4) is 0 Å². The Morgan fingerprint density at radius 2 is 1.46 bits per heavy atom. The van der Waals surface area contributed by atoms with E-state index in [0.717, 1.165) is 31.5 Å². The summed E-state index contributed by atoms with van der Waals surface area (Å²) in [5.74, 6) is -1.16. The quantitative estimate of drug-likeness (QED) is 0.574. The molecular formula is C23H29N3O2. The van der Waals surface area contributed by atoms with Gasteiger partial charge in [-0.15, -0.1) is 0 Å². The van der Waals surface area contributed by atoms with E-state index in [-0.39, 0.29) is 0 Å². The van der Waals surface area contributed by atoms with E-state index in [1.807, 2.05) is 30.3 Å². The molecule has 2 amide bonds. The zero-order chi connectivity index (χ0) is 19.6. The molecule has 1 fully saturated rings. The van der Waals surface area contributed by atoms with Crippen LogP contribution in [0.4, 0.5) is 5.69 Å². The molecule has 1 heterocycles. The van der Waals surface area contributed by atoms with Crippen molar-refractivity contribution in [1.82, 2.24) is 10.6 Å². The van der Waals surface area contributed by atoms with E-state index in [9.17, 15) is 9.59 Å². The number of carbonyl (C=O) groups excluding carboxylic acids is 2. The maximum atomic E-state index is 11.9. The van der Waals surface area contributed by atoms with E-state index in [1.54, 1.807) is 0 Å². The number of piperidine rings is 1. The van der Waals surface area contributed by atoms with Crippen molar-refractivity contribution in [2.24, 2.45) is 0 Å². The fourth-order valence-corrected chi connectivity index (χ4v) is 3.46. The number of anilines is 1. The number of aryl methyl sites for hydroxylation is 1. The first kappa shape index (κ1) is 19.9. The Labute approximate surface area is 167 Å². The summed E-state index contributed by atoms with van der Waals surface area (Å²) in [7, 11) is 0. The Bertz CT molecular complexity index is 753. The van der Waals surface area contributed by atoms with Crippen LogP contribution in [0.5, 0.6) is 0 Å². The maximum Gasteiger partial charge on any atom is 0.309 e. The van der Waals surface area contributed by atoms with Crippen LogP contribution < -0.4 is 15.5 Å². The lowest BCUT2D eigenvalue weighted by Crippen LogP contribution is -2.40. The molecular weight excluding hydrogens is 350 g/mol. The molecule has 1 aliphatic heterocycles. The molecule has 2 N–H and O–H groups in total. The molecule has 0 aromatic heterocycles. The molecule has 0 unspecified atom stereocenters. The first-order chi connectivity index (χ1) is 13.7. The van der Waals surface area contributed by atoms with Gasteiger partial charge in [0.15, 0.2) is 0 Å². The van der Waals surface area contributed by atoms with Crippen LogP contribution >= 0.6 is 0 Å². The van der Waals surface area contributed by atoms with Crippen LogP contribution in [-0.4, -0.2) is 31.4 Å². The molecule has 2 aromatic carbocycles. The van der Waals surface area contributed by atoms with E-state index < -0.39 is 11.8 Å². The molecule has 0 bridgehead atoms. The van der Waals surface area contributed by atoms with Crippen molar-refractivity contribution in [2.75, 3.05) is 24.5 Å². The SMILES string of the molecule is O=C(NCCCc1ccc(N2CCCCC2)cc1)C(=O)NCc1ccccc1. The lowest BCUT2D eigenvalue weighted by molar-refractivity contribution is -0.139. The van der Waals surface area contributed by atoms with Gasteiger partial charge in [-0.2, -0.15) is 0 Å². The van der Waals surface area contributed by atoms with Gasteiger partial charge in [0.05, 0.1) is 0 Å². The van der Waals surface area contributed by atoms with Gasteiger partial charge in [-0.1, -0.05) is 42.5 Å². The van der Waals surface area contributed by atoms with Gasteiger partial charge >= 0.3 is 11.8 Å². The summed E-state index contributed by atoms with van der Waals surface area (Å²) in [4.78, 5) is 26.2. The fourth-order valence-electron chi connectivity index (χ4n) is 3.46. The highest BCUT2D eigenvalue weighted by molar-refractivity contribution is 6.35. The molecule has 5 nitrogen and oxygen atoms in total. The molecule has 3 rings (SSSR count). The molecule has 0 spiro atoms. The van der Waals surface area contributed by atoms with Gasteiger partial charge in [0, 0.05) is 31.9 Å². The van der Waals surface area contributed by atoms with Gasteiger partial charge in [-0.25, -0.2) is 0 Å². The molecule has 0 aliphatic carbocycles. The number of carbonyl (C=O) groups is 2. The normalized spacial score (nSPS) is 13.8. The minimum atomic E-state index is -0.588. The monoisotopic (exact) mass is 379 g/mol. The average Bonchev–Trinajstić information content (AvgIpc) is 2.76. The highest BCUT2D eigenvalue weighted by Crippen LogP contribution is 2.20. The number of benzene rings is 2. The molecule has 148 valence electrons. The molecule has 28 heavy (non-hydrogen) atoms. The average molecular weight is 380 g/mol. The lowest BCUT2D eigenvalue weighted by atomic mass is 10.1. The highest BCUT2D eigenvalue weighted by atomic mass is 16.2. The first-order valence-corrected chi connectivity index (χ1v) is 10.2. The smallest absolute Gasteiger partial charge is 0.309 e. The zero-order valence-corrected chi connectivity index (χ0v) is 16.3. The van der Waals surface area contributed by atoms with Gasteiger partial charge in [0.2, 0.25) is 0 Å². The Balaban J connectivity index is 1.33. The van der Waals surface area contributed by atoms with Crippen molar-refractivity contribution >= 4 is 17.5 Å². The molecule has 0 saturated carbocycles. The third-order valence-electron chi connectivity index (χ3n) is 5.09. The van der Waals surface area contributed by atoms with Gasteiger partial charge < -0.3 is 15.5 Å². The Morgan fingerprint density at radius 3 is 2.18 bits per heavy atom. The molecule has 1 saturated heterocycles. The van der Waals surface area contributed by atoms with Crippen molar-refractivity contribution in [3.8, 4) is 0 Å². The Hall–Kier alpha value is -2.82. The largest absolute Gasteiger partial charge is 0.372 e. The number of hydrogen-bond donors (Lipinski definition) is 2.